The topological polar surface area (TPSA) is 66.2 Å². The van der Waals surface area contributed by atoms with E-state index >= 15 is 0 Å². The summed E-state index contributed by atoms with van der Waals surface area (Å²) in [7, 11) is 3.43. The molecule has 0 amide bonds. The standard InChI is InChI=1S/C13H13N3O2/c1-16-12(14)7-10(15-16)9-5-8-3-4-18-13(8)11(6-9)17-2/h3-7H,14H2,1-2H3. The Morgan fingerprint density at radius 2 is 2.17 bits per heavy atom. The number of anilines is 1. The second-order valence-corrected chi connectivity index (χ2v) is 4.10. The fraction of sp³-hybridized carbons (Fsp3) is 0.154. The summed E-state index contributed by atoms with van der Waals surface area (Å²) < 4.78 is 12.4. The van der Waals surface area contributed by atoms with Crippen molar-refractivity contribution in [1.29, 1.82) is 0 Å². The molecule has 1 aromatic carbocycles. The second kappa shape index (κ2) is 3.80. The number of hydrogen-bond donors (Lipinski definition) is 1. The van der Waals surface area contributed by atoms with Crippen LogP contribution in [0.5, 0.6) is 5.75 Å². The van der Waals surface area contributed by atoms with Crippen molar-refractivity contribution in [2.24, 2.45) is 7.05 Å². The van der Waals surface area contributed by atoms with E-state index < -0.39 is 0 Å². The minimum atomic E-state index is 0.622. The van der Waals surface area contributed by atoms with Crippen molar-refractivity contribution < 1.29 is 9.15 Å². The SMILES string of the molecule is COc1cc(-c2cc(N)n(C)n2)cc2ccoc12. The van der Waals surface area contributed by atoms with Crippen LogP contribution in [0.25, 0.3) is 22.2 Å². The molecular formula is C13H13N3O2. The van der Waals surface area contributed by atoms with Gasteiger partial charge in [0.15, 0.2) is 11.3 Å². The molecule has 0 saturated carbocycles. The fourth-order valence-corrected chi connectivity index (χ4v) is 1.97. The van der Waals surface area contributed by atoms with Crippen LogP contribution in [0.15, 0.2) is 34.9 Å². The number of hydrogen-bond acceptors (Lipinski definition) is 4. The molecule has 2 N–H and O–H groups in total. The predicted molar refractivity (Wildman–Crippen MR) is 69.4 cm³/mol. The van der Waals surface area contributed by atoms with E-state index in [0.717, 1.165) is 22.2 Å². The maximum atomic E-state index is 5.79. The van der Waals surface area contributed by atoms with Gasteiger partial charge >= 0.3 is 0 Å². The third kappa shape index (κ3) is 1.52. The smallest absolute Gasteiger partial charge is 0.175 e. The van der Waals surface area contributed by atoms with Gasteiger partial charge in [-0.2, -0.15) is 5.10 Å². The molecule has 2 heterocycles. The van der Waals surface area contributed by atoms with Crippen molar-refractivity contribution in [3.8, 4) is 17.0 Å². The Labute approximate surface area is 104 Å². The van der Waals surface area contributed by atoms with E-state index in [9.17, 15) is 0 Å². The van der Waals surface area contributed by atoms with Gasteiger partial charge in [-0.15, -0.1) is 0 Å². The number of aryl methyl sites for hydroxylation is 1. The Kier molecular flexibility index (Phi) is 2.26. The number of nitrogens with two attached hydrogens (primary N) is 1. The number of rotatable bonds is 2. The summed E-state index contributed by atoms with van der Waals surface area (Å²) in [6.45, 7) is 0. The van der Waals surface area contributed by atoms with Gasteiger partial charge in [-0.1, -0.05) is 0 Å². The number of ether oxygens (including phenoxy) is 1. The first kappa shape index (κ1) is 10.7. The molecule has 0 aliphatic carbocycles. The molecule has 0 bridgehead atoms. The Morgan fingerprint density at radius 1 is 1.33 bits per heavy atom. The average molecular weight is 243 g/mol. The van der Waals surface area contributed by atoms with Gasteiger partial charge in [0.2, 0.25) is 0 Å². The maximum Gasteiger partial charge on any atom is 0.175 e. The number of aromatic nitrogens is 2. The zero-order valence-electron chi connectivity index (χ0n) is 10.2. The van der Waals surface area contributed by atoms with Crippen LogP contribution < -0.4 is 10.5 Å². The highest BCUT2D eigenvalue weighted by Gasteiger charge is 2.11. The first-order valence-corrected chi connectivity index (χ1v) is 5.54. The minimum absolute atomic E-state index is 0.622. The zero-order valence-corrected chi connectivity index (χ0v) is 10.2. The molecule has 0 spiro atoms. The summed E-state index contributed by atoms with van der Waals surface area (Å²) in [5.41, 5.74) is 8.30. The summed E-state index contributed by atoms with van der Waals surface area (Å²) in [6, 6.07) is 7.63. The number of fused-ring (bicyclic) bond motifs is 1. The highest BCUT2D eigenvalue weighted by Crippen LogP contribution is 2.32. The summed E-state index contributed by atoms with van der Waals surface area (Å²) >= 11 is 0. The zero-order chi connectivity index (χ0) is 12.7. The molecule has 3 rings (SSSR count). The van der Waals surface area contributed by atoms with Gasteiger partial charge in [0.05, 0.1) is 19.1 Å². The molecule has 3 aromatic rings. The van der Waals surface area contributed by atoms with E-state index in [1.807, 2.05) is 31.3 Å². The Balaban J connectivity index is 2.22. The molecule has 92 valence electrons. The predicted octanol–water partition coefficient (Wildman–Crippen LogP) is 2.42. The number of benzene rings is 1. The maximum absolute atomic E-state index is 5.79. The molecule has 5 nitrogen and oxygen atoms in total. The van der Waals surface area contributed by atoms with Gasteiger partial charge in [0.25, 0.3) is 0 Å². The Hall–Kier alpha value is -2.43. The third-order valence-electron chi connectivity index (χ3n) is 2.95. The van der Waals surface area contributed by atoms with Crippen molar-refractivity contribution in [1.82, 2.24) is 9.78 Å². The molecule has 0 atom stereocenters. The van der Waals surface area contributed by atoms with Crippen LogP contribution in [0.1, 0.15) is 0 Å². The molecule has 0 saturated heterocycles. The first-order chi connectivity index (χ1) is 8.69. The molecule has 0 unspecified atom stereocenters. The van der Waals surface area contributed by atoms with Crippen LogP contribution in [0.2, 0.25) is 0 Å². The van der Waals surface area contributed by atoms with Crippen molar-refractivity contribution in [2.75, 3.05) is 12.8 Å². The fourth-order valence-electron chi connectivity index (χ4n) is 1.97. The van der Waals surface area contributed by atoms with E-state index in [-0.39, 0.29) is 0 Å². The molecule has 18 heavy (non-hydrogen) atoms. The van der Waals surface area contributed by atoms with Crippen molar-refractivity contribution in [3.05, 3.63) is 30.5 Å². The quantitative estimate of drug-likeness (QED) is 0.750. The summed E-state index contributed by atoms with van der Waals surface area (Å²) in [6.07, 6.45) is 1.64. The first-order valence-electron chi connectivity index (χ1n) is 5.54. The highest BCUT2D eigenvalue weighted by atomic mass is 16.5. The lowest BCUT2D eigenvalue weighted by molar-refractivity contribution is 0.410. The van der Waals surface area contributed by atoms with Gasteiger partial charge < -0.3 is 14.9 Å². The van der Waals surface area contributed by atoms with Gasteiger partial charge in [0.1, 0.15) is 5.82 Å². The normalized spacial score (nSPS) is 11.0. The lowest BCUT2D eigenvalue weighted by Gasteiger charge is -2.03. The Morgan fingerprint density at radius 3 is 2.83 bits per heavy atom. The van der Waals surface area contributed by atoms with Crippen LogP contribution in [-0.2, 0) is 7.05 Å². The molecule has 2 aromatic heterocycles. The molecule has 0 radical (unpaired) electrons. The summed E-state index contributed by atoms with van der Waals surface area (Å²) in [4.78, 5) is 0. The van der Waals surface area contributed by atoms with Crippen LogP contribution in [0.4, 0.5) is 5.82 Å². The summed E-state index contributed by atoms with van der Waals surface area (Å²) in [5.74, 6) is 1.31. The van der Waals surface area contributed by atoms with Gasteiger partial charge in [0, 0.05) is 24.1 Å². The van der Waals surface area contributed by atoms with Crippen LogP contribution in [-0.4, -0.2) is 16.9 Å². The van der Waals surface area contributed by atoms with Crippen LogP contribution in [0, 0.1) is 0 Å². The van der Waals surface area contributed by atoms with Gasteiger partial charge in [-0.05, 0) is 18.2 Å². The number of furan rings is 1. The molecule has 0 aliphatic rings. The average Bonchev–Trinajstić information content (AvgIpc) is 2.95. The monoisotopic (exact) mass is 243 g/mol. The molecule has 5 heteroatoms. The van der Waals surface area contributed by atoms with Gasteiger partial charge in [-0.25, -0.2) is 0 Å². The van der Waals surface area contributed by atoms with Crippen molar-refractivity contribution >= 4 is 16.8 Å². The van der Waals surface area contributed by atoms with Crippen molar-refractivity contribution in [3.63, 3.8) is 0 Å². The molecular weight excluding hydrogens is 230 g/mol. The van der Waals surface area contributed by atoms with E-state index in [4.69, 9.17) is 14.9 Å². The Bertz CT molecular complexity index is 693. The lowest BCUT2D eigenvalue weighted by atomic mass is 10.1. The minimum Gasteiger partial charge on any atom is -0.493 e. The van der Waals surface area contributed by atoms with E-state index in [1.54, 1.807) is 18.1 Å². The van der Waals surface area contributed by atoms with Crippen molar-refractivity contribution in [2.45, 2.75) is 0 Å². The molecule has 0 aliphatic heterocycles. The number of nitrogens with zero attached hydrogens (tertiary/aromatic N) is 2. The van der Waals surface area contributed by atoms with E-state index in [2.05, 4.69) is 5.10 Å². The van der Waals surface area contributed by atoms with Crippen LogP contribution >= 0.6 is 0 Å². The van der Waals surface area contributed by atoms with E-state index in [1.165, 1.54) is 0 Å². The highest BCUT2D eigenvalue weighted by molar-refractivity contribution is 5.88. The summed E-state index contributed by atoms with van der Waals surface area (Å²) in [5, 5.41) is 5.33. The van der Waals surface area contributed by atoms with Gasteiger partial charge in [-0.3, -0.25) is 4.68 Å². The van der Waals surface area contributed by atoms with Crippen LogP contribution in [0.3, 0.4) is 0 Å². The lowest BCUT2D eigenvalue weighted by Crippen LogP contribution is -1.96. The van der Waals surface area contributed by atoms with E-state index in [0.29, 0.717) is 11.6 Å². The second-order valence-electron chi connectivity index (χ2n) is 4.10. The molecule has 0 fully saturated rings. The number of methoxy groups -OCH3 is 1. The number of nitrogen functional groups attached to an aromatic ring is 1. The largest absolute Gasteiger partial charge is 0.493 e. The third-order valence-corrected chi connectivity index (χ3v) is 2.95.